The van der Waals surface area contributed by atoms with Crippen LogP contribution in [0.3, 0.4) is 0 Å². The zero-order chi connectivity index (χ0) is 27.6. The Balaban J connectivity index is 1.31. The maximum atomic E-state index is 13.1. The summed E-state index contributed by atoms with van der Waals surface area (Å²) in [6.45, 7) is 11.8. The number of carbonyl (C=O) groups is 1. The second kappa shape index (κ2) is 14.0. The second-order valence-electron chi connectivity index (χ2n) is 8.83. The van der Waals surface area contributed by atoms with Gasteiger partial charge in [-0.25, -0.2) is 0 Å². The van der Waals surface area contributed by atoms with Crippen LogP contribution in [-0.2, 0) is 6.42 Å². The standard InChI is InChI=1S/C28H37N5O5S/c1-5-36-23-18-20(19-24(37-6-2)26(23)38-7-3)27(34)29-28-31-30-25(39-28)12-13-32-14-16-33(17-15-32)21-8-10-22(35-4)11-9-21/h8-11,18-19H,5-7,12-17H2,1-4H3,(H,29,31,34). The van der Waals surface area contributed by atoms with Crippen LogP contribution in [0.15, 0.2) is 36.4 Å². The van der Waals surface area contributed by atoms with Gasteiger partial charge in [-0.05, 0) is 57.2 Å². The summed E-state index contributed by atoms with van der Waals surface area (Å²) in [4.78, 5) is 17.9. The quantitative estimate of drug-likeness (QED) is 0.330. The average molecular weight is 556 g/mol. The van der Waals surface area contributed by atoms with Crippen molar-refractivity contribution < 1.29 is 23.7 Å². The van der Waals surface area contributed by atoms with Crippen molar-refractivity contribution in [1.29, 1.82) is 0 Å². The van der Waals surface area contributed by atoms with Crippen molar-refractivity contribution in [3.05, 3.63) is 47.0 Å². The first-order valence-electron chi connectivity index (χ1n) is 13.4. The number of piperazine rings is 1. The first-order valence-corrected chi connectivity index (χ1v) is 14.2. The van der Waals surface area contributed by atoms with E-state index in [2.05, 4.69) is 37.4 Å². The highest BCUT2D eigenvalue weighted by molar-refractivity contribution is 7.15. The molecular weight excluding hydrogens is 518 g/mol. The van der Waals surface area contributed by atoms with Gasteiger partial charge < -0.3 is 23.8 Å². The molecule has 1 fully saturated rings. The van der Waals surface area contributed by atoms with Crippen LogP contribution in [0.25, 0.3) is 0 Å². The number of hydrogen-bond acceptors (Lipinski definition) is 10. The number of amides is 1. The van der Waals surface area contributed by atoms with E-state index in [1.165, 1.54) is 17.0 Å². The lowest BCUT2D eigenvalue weighted by Crippen LogP contribution is -2.46. The van der Waals surface area contributed by atoms with Crippen LogP contribution in [0.5, 0.6) is 23.0 Å². The molecule has 0 spiro atoms. The number of aromatic nitrogens is 2. The van der Waals surface area contributed by atoms with Crippen molar-refractivity contribution >= 4 is 28.1 Å². The highest BCUT2D eigenvalue weighted by atomic mass is 32.1. The maximum absolute atomic E-state index is 13.1. The monoisotopic (exact) mass is 555 g/mol. The lowest BCUT2D eigenvalue weighted by Gasteiger charge is -2.36. The summed E-state index contributed by atoms with van der Waals surface area (Å²) in [7, 11) is 1.68. The molecule has 0 saturated carbocycles. The number of nitrogens with zero attached hydrogens (tertiary/aromatic N) is 4. The highest BCUT2D eigenvalue weighted by Crippen LogP contribution is 2.39. The molecular formula is C28H37N5O5S. The fraction of sp³-hybridized carbons (Fsp3) is 0.464. The van der Waals surface area contributed by atoms with E-state index >= 15 is 0 Å². The summed E-state index contributed by atoms with van der Waals surface area (Å²) in [5.74, 6) is 2.01. The predicted molar refractivity (Wildman–Crippen MR) is 153 cm³/mol. The number of methoxy groups -OCH3 is 1. The molecule has 3 aromatic rings. The van der Waals surface area contributed by atoms with E-state index in [1.54, 1.807) is 19.2 Å². The molecule has 11 heteroatoms. The molecule has 1 aromatic heterocycles. The van der Waals surface area contributed by atoms with Gasteiger partial charge in [0.15, 0.2) is 11.5 Å². The molecule has 0 unspecified atom stereocenters. The summed E-state index contributed by atoms with van der Waals surface area (Å²) in [5.41, 5.74) is 1.62. The topological polar surface area (TPSA) is 98.3 Å². The third-order valence-corrected chi connectivity index (χ3v) is 7.21. The van der Waals surface area contributed by atoms with Crippen molar-refractivity contribution in [2.45, 2.75) is 27.2 Å². The number of nitrogens with one attached hydrogen (secondary N) is 1. The molecule has 0 atom stereocenters. The Morgan fingerprint density at radius 1 is 0.923 bits per heavy atom. The minimum Gasteiger partial charge on any atom is -0.497 e. The van der Waals surface area contributed by atoms with E-state index < -0.39 is 0 Å². The smallest absolute Gasteiger partial charge is 0.257 e. The van der Waals surface area contributed by atoms with Gasteiger partial charge in [-0.2, -0.15) is 0 Å². The molecule has 1 aliphatic rings. The van der Waals surface area contributed by atoms with Gasteiger partial charge in [0.05, 0.1) is 26.9 Å². The minimum absolute atomic E-state index is 0.308. The number of rotatable bonds is 13. The maximum Gasteiger partial charge on any atom is 0.257 e. The van der Waals surface area contributed by atoms with E-state index in [0.29, 0.717) is 47.8 Å². The molecule has 39 heavy (non-hydrogen) atoms. The number of anilines is 2. The van der Waals surface area contributed by atoms with E-state index in [4.69, 9.17) is 18.9 Å². The Bertz CT molecular complexity index is 1180. The van der Waals surface area contributed by atoms with Gasteiger partial charge in [0, 0.05) is 50.4 Å². The molecule has 1 aliphatic heterocycles. The largest absolute Gasteiger partial charge is 0.497 e. The molecule has 4 rings (SSSR count). The summed E-state index contributed by atoms with van der Waals surface area (Å²) in [6, 6.07) is 11.5. The third kappa shape index (κ3) is 7.51. The van der Waals surface area contributed by atoms with Gasteiger partial charge in [-0.15, -0.1) is 10.2 Å². The first kappa shape index (κ1) is 28.4. The zero-order valence-corrected chi connectivity index (χ0v) is 23.9. The Labute approximate surface area is 233 Å². The second-order valence-corrected chi connectivity index (χ2v) is 9.89. The average Bonchev–Trinajstić information content (AvgIpc) is 3.41. The Morgan fingerprint density at radius 2 is 1.56 bits per heavy atom. The SMILES string of the molecule is CCOc1cc(C(=O)Nc2nnc(CCN3CCN(c4ccc(OC)cc4)CC3)s2)cc(OCC)c1OCC. The highest BCUT2D eigenvalue weighted by Gasteiger charge is 2.20. The fourth-order valence-corrected chi connectivity index (χ4v) is 5.09. The molecule has 1 saturated heterocycles. The Hall–Kier alpha value is -3.57. The Kier molecular flexibility index (Phi) is 10.2. The normalized spacial score (nSPS) is 13.7. The van der Waals surface area contributed by atoms with Crippen molar-refractivity contribution in [3.8, 4) is 23.0 Å². The summed E-state index contributed by atoms with van der Waals surface area (Å²) in [6.07, 6.45) is 0.780. The summed E-state index contributed by atoms with van der Waals surface area (Å²) in [5, 5.41) is 12.7. The van der Waals surface area contributed by atoms with Crippen LogP contribution in [-0.4, -0.2) is 80.7 Å². The molecule has 0 radical (unpaired) electrons. The molecule has 1 N–H and O–H groups in total. The van der Waals surface area contributed by atoms with Crippen LogP contribution in [0.4, 0.5) is 10.8 Å². The molecule has 2 aromatic carbocycles. The van der Waals surface area contributed by atoms with Crippen LogP contribution < -0.4 is 29.2 Å². The third-order valence-electron chi connectivity index (χ3n) is 6.31. The molecule has 2 heterocycles. The minimum atomic E-state index is -0.308. The fourth-order valence-electron chi connectivity index (χ4n) is 4.37. The number of carbonyl (C=O) groups excluding carboxylic acids is 1. The van der Waals surface area contributed by atoms with Crippen LogP contribution in [0.1, 0.15) is 36.1 Å². The van der Waals surface area contributed by atoms with Crippen LogP contribution >= 0.6 is 11.3 Å². The van der Waals surface area contributed by atoms with Gasteiger partial charge in [0.1, 0.15) is 10.8 Å². The summed E-state index contributed by atoms with van der Waals surface area (Å²) >= 11 is 1.40. The van der Waals surface area contributed by atoms with Crippen molar-refractivity contribution in [1.82, 2.24) is 15.1 Å². The predicted octanol–water partition coefficient (Wildman–Crippen LogP) is 4.36. The van der Waals surface area contributed by atoms with Gasteiger partial charge in [-0.1, -0.05) is 11.3 Å². The van der Waals surface area contributed by atoms with Gasteiger partial charge >= 0.3 is 0 Å². The molecule has 1 amide bonds. The Morgan fingerprint density at radius 3 is 2.15 bits per heavy atom. The summed E-state index contributed by atoms with van der Waals surface area (Å²) < 4.78 is 22.4. The van der Waals surface area contributed by atoms with Crippen LogP contribution in [0.2, 0.25) is 0 Å². The number of hydrogen-bond donors (Lipinski definition) is 1. The number of benzene rings is 2. The van der Waals surface area contributed by atoms with Gasteiger partial charge in [0.25, 0.3) is 5.91 Å². The van der Waals surface area contributed by atoms with E-state index in [9.17, 15) is 4.79 Å². The zero-order valence-electron chi connectivity index (χ0n) is 23.1. The van der Waals surface area contributed by atoms with Crippen LogP contribution in [0, 0.1) is 0 Å². The lowest BCUT2D eigenvalue weighted by atomic mass is 10.1. The molecule has 210 valence electrons. The van der Waals surface area contributed by atoms with Crippen molar-refractivity contribution in [2.75, 3.05) is 69.9 Å². The van der Waals surface area contributed by atoms with Gasteiger partial charge in [0.2, 0.25) is 10.9 Å². The van der Waals surface area contributed by atoms with E-state index in [0.717, 1.165) is 49.9 Å². The molecule has 0 bridgehead atoms. The van der Waals surface area contributed by atoms with Crippen molar-refractivity contribution in [2.24, 2.45) is 0 Å². The lowest BCUT2D eigenvalue weighted by molar-refractivity contribution is 0.102. The van der Waals surface area contributed by atoms with E-state index in [1.807, 2.05) is 32.9 Å². The van der Waals surface area contributed by atoms with Gasteiger partial charge in [-0.3, -0.25) is 15.0 Å². The van der Waals surface area contributed by atoms with E-state index in [-0.39, 0.29) is 5.91 Å². The van der Waals surface area contributed by atoms with Crippen molar-refractivity contribution in [3.63, 3.8) is 0 Å². The first-order chi connectivity index (χ1) is 19.0. The molecule has 0 aliphatic carbocycles. The number of ether oxygens (including phenoxy) is 4. The molecule has 10 nitrogen and oxygen atoms in total.